The fourth-order valence-electron chi connectivity index (χ4n) is 2.27. The van der Waals surface area contributed by atoms with Crippen molar-refractivity contribution >= 4 is 17.8 Å². The minimum Gasteiger partial charge on any atom is -0.477 e. The van der Waals surface area contributed by atoms with Crippen LogP contribution < -0.4 is 5.32 Å². The predicted molar refractivity (Wildman–Crippen MR) is 80.8 cm³/mol. The number of carboxylic acids is 1. The van der Waals surface area contributed by atoms with Crippen LogP contribution in [0.4, 0.5) is 4.39 Å². The molecule has 0 aromatic rings. The Kier molecular flexibility index (Phi) is 4.49. The first-order chi connectivity index (χ1) is 10.7. The molecule has 2 aliphatic carbocycles. The van der Waals surface area contributed by atoms with Crippen molar-refractivity contribution in [2.24, 2.45) is 0 Å². The minimum atomic E-state index is -1.84. The molecule has 2 amide bonds. The van der Waals surface area contributed by atoms with Gasteiger partial charge in [-0.1, -0.05) is 18.2 Å². The SMILES string of the molecule is CC(=O)NC1C(=O)N(C(C(=O)O)=C(C)C)C1F.c1cc2cc-2c1. The third kappa shape index (κ3) is 3.39. The van der Waals surface area contributed by atoms with E-state index in [1.54, 1.807) is 0 Å². The number of halogens is 1. The summed E-state index contributed by atoms with van der Waals surface area (Å²) in [4.78, 5) is 33.7. The van der Waals surface area contributed by atoms with Crippen LogP contribution in [0.2, 0.25) is 0 Å². The van der Waals surface area contributed by atoms with Crippen molar-refractivity contribution in [1.82, 2.24) is 10.2 Å². The highest BCUT2D eigenvalue weighted by molar-refractivity contribution is 6.00. The summed E-state index contributed by atoms with van der Waals surface area (Å²) in [7, 11) is 0. The Morgan fingerprint density at radius 3 is 2.04 bits per heavy atom. The highest BCUT2D eigenvalue weighted by atomic mass is 19.1. The number of likely N-dealkylation sites (tertiary alicyclic amines) is 1. The van der Waals surface area contributed by atoms with E-state index in [0.717, 1.165) is 6.92 Å². The highest BCUT2D eigenvalue weighted by Crippen LogP contribution is 2.32. The fourth-order valence-corrected chi connectivity index (χ4v) is 2.27. The van der Waals surface area contributed by atoms with Crippen molar-refractivity contribution in [3.63, 3.8) is 0 Å². The molecule has 7 heteroatoms. The monoisotopic (exact) mass is 320 g/mol. The number of nitrogens with one attached hydrogen (secondary N) is 1. The quantitative estimate of drug-likeness (QED) is 0.512. The number of alkyl halides is 1. The minimum absolute atomic E-state index is 0.315. The molecule has 3 aliphatic rings. The molecule has 1 heterocycles. The normalized spacial score (nSPS) is 19.8. The Labute approximate surface area is 132 Å². The van der Waals surface area contributed by atoms with Crippen molar-refractivity contribution in [1.29, 1.82) is 0 Å². The van der Waals surface area contributed by atoms with Gasteiger partial charge in [0, 0.05) is 6.92 Å². The first-order valence-electron chi connectivity index (χ1n) is 6.99. The molecular formula is C16H17FN2O4. The molecule has 0 bridgehead atoms. The van der Waals surface area contributed by atoms with E-state index >= 15 is 0 Å². The number of nitrogens with zero attached hydrogens (tertiary/aromatic N) is 1. The number of carbonyl (C=O) groups excluding carboxylic acids is 2. The highest BCUT2D eigenvalue weighted by Gasteiger charge is 2.51. The van der Waals surface area contributed by atoms with Gasteiger partial charge in [-0.05, 0) is 36.6 Å². The van der Waals surface area contributed by atoms with Crippen molar-refractivity contribution < 1.29 is 23.9 Å². The van der Waals surface area contributed by atoms with Gasteiger partial charge in [-0.3, -0.25) is 14.5 Å². The zero-order chi connectivity index (χ0) is 17.3. The van der Waals surface area contributed by atoms with Gasteiger partial charge in [-0.2, -0.15) is 0 Å². The topological polar surface area (TPSA) is 86.7 Å². The number of fused-ring (bicyclic) bond motifs is 1. The third-order valence-electron chi connectivity index (χ3n) is 3.41. The van der Waals surface area contributed by atoms with Crippen LogP contribution in [0.25, 0.3) is 11.1 Å². The van der Waals surface area contributed by atoms with Gasteiger partial charge in [-0.15, -0.1) is 0 Å². The molecule has 0 aromatic carbocycles. The molecular weight excluding hydrogens is 303 g/mol. The van der Waals surface area contributed by atoms with E-state index in [1.807, 2.05) is 0 Å². The number of carbonyl (C=O) groups is 3. The Bertz CT molecular complexity index is 693. The van der Waals surface area contributed by atoms with Crippen molar-refractivity contribution in [3.05, 3.63) is 35.5 Å². The van der Waals surface area contributed by atoms with Crippen molar-refractivity contribution in [3.8, 4) is 11.1 Å². The lowest BCUT2D eigenvalue weighted by molar-refractivity contribution is -0.163. The first kappa shape index (κ1) is 16.7. The fraction of sp³-hybridized carbons (Fsp3) is 0.312. The Morgan fingerprint density at radius 2 is 1.78 bits per heavy atom. The molecule has 1 fully saturated rings. The molecule has 0 saturated carbocycles. The smallest absolute Gasteiger partial charge is 0.352 e. The van der Waals surface area contributed by atoms with E-state index in [9.17, 15) is 18.8 Å². The Balaban J connectivity index is 0.000000260. The summed E-state index contributed by atoms with van der Waals surface area (Å²) < 4.78 is 13.6. The molecule has 0 aromatic heterocycles. The average Bonchev–Trinajstić information content (AvgIpc) is 3.07. The largest absolute Gasteiger partial charge is 0.477 e. The van der Waals surface area contributed by atoms with Gasteiger partial charge in [0.25, 0.3) is 5.91 Å². The number of aliphatic carboxylic acids is 1. The number of benzene rings is 1. The average molecular weight is 320 g/mol. The van der Waals surface area contributed by atoms with Gasteiger partial charge in [0.15, 0.2) is 6.04 Å². The Hall–Kier alpha value is -2.70. The second kappa shape index (κ2) is 6.20. The Morgan fingerprint density at radius 1 is 1.22 bits per heavy atom. The van der Waals surface area contributed by atoms with Gasteiger partial charge in [0.05, 0.1) is 0 Å². The second-order valence-corrected chi connectivity index (χ2v) is 5.49. The molecule has 1 aliphatic heterocycles. The molecule has 6 nitrogen and oxygen atoms in total. The maximum absolute atomic E-state index is 13.6. The maximum atomic E-state index is 13.6. The maximum Gasteiger partial charge on any atom is 0.352 e. The second-order valence-electron chi connectivity index (χ2n) is 5.49. The van der Waals surface area contributed by atoms with Crippen LogP contribution in [0.5, 0.6) is 0 Å². The molecule has 1 saturated heterocycles. The van der Waals surface area contributed by atoms with Crippen molar-refractivity contribution in [2.75, 3.05) is 0 Å². The zero-order valence-corrected chi connectivity index (χ0v) is 13.0. The van der Waals surface area contributed by atoms with Crippen LogP contribution in [0.3, 0.4) is 0 Å². The zero-order valence-electron chi connectivity index (χ0n) is 13.0. The lowest BCUT2D eigenvalue weighted by Gasteiger charge is -2.42. The van der Waals surface area contributed by atoms with E-state index in [0.29, 0.717) is 10.5 Å². The number of amides is 2. The van der Waals surface area contributed by atoms with Gasteiger partial charge < -0.3 is 10.4 Å². The van der Waals surface area contributed by atoms with Crippen LogP contribution in [-0.4, -0.2) is 40.1 Å². The number of rotatable bonds is 3. The summed E-state index contributed by atoms with van der Waals surface area (Å²) in [5, 5.41) is 11.0. The van der Waals surface area contributed by atoms with Crippen LogP contribution in [0, 0.1) is 0 Å². The van der Waals surface area contributed by atoms with E-state index in [2.05, 4.69) is 29.6 Å². The van der Waals surface area contributed by atoms with Crippen LogP contribution in [0.15, 0.2) is 35.5 Å². The lowest BCUT2D eigenvalue weighted by atomic mass is 10.0. The predicted octanol–water partition coefficient (Wildman–Crippen LogP) is 1.67. The van der Waals surface area contributed by atoms with Gasteiger partial charge >= 0.3 is 5.97 Å². The molecule has 2 atom stereocenters. The van der Waals surface area contributed by atoms with E-state index in [4.69, 9.17) is 5.11 Å². The molecule has 3 rings (SSSR count). The summed E-state index contributed by atoms with van der Waals surface area (Å²) >= 11 is 0. The van der Waals surface area contributed by atoms with E-state index < -0.39 is 30.1 Å². The van der Waals surface area contributed by atoms with Gasteiger partial charge in [0.1, 0.15) is 5.70 Å². The first-order valence-corrected chi connectivity index (χ1v) is 6.99. The van der Waals surface area contributed by atoms with Crippen molar-refractivity contribution in [2.45, 2.75) is 33.1 Å². The number of allylic oxidation sites excluding steroid dienone is 1. The standard InChI is InChI=1S/C10H13FN2O4.C6H4/c1-4(2)7(10(16)17)13-8(11)6(9(13)15)12-5(3)14;1-2-5-4-6(5)3-1/h6,8H,1-3H3,(H,12,14)(H,16,17);1-4H. The number of carboxylic acid groups (broad SMARTS) is 1. The number of hydrogen-bond donors (Lipinski definition) is 2. The van der Waals surface area contributed by atoms with E-state index in [-0.39, 0.29) is 5.70 Å². The van der Waals surface area contributed by atoms with Gasteiger partial charge in [0.2, 0.25) is 12.2 Å². The molecule has 122 valence electrons. The van der Waals surface area contributed by atoms with Crippen LogP contribution >= 0.6 is 0 Å². The summed E-state index contributed by atoms with van der Waals surface area (Å²) in [6, 6.07) is 7.19. The summed E-state index contributed by atoms with van der Waals surface area (Å²) in [6.45, 7) is 4.09. The molecule has 0 radical (unpaired) electrons. The molecule has 0 spiro atoms. The van der Waals surface area contributed by atoms with Crippen LogP contribution in [0.1, 0.15) is 20.8 Å². The molecule has 2 N–H and O–H groups in total. The van der Waals surface area contributed by atoms with E-state index in [1.165, 1.54) is 25.0 Å². The third-order valence-corrected chi connectivity index (χ3v) is 3.41. The lowest BCUT2D eigenvalue weighted by Crippen LogP contribution is -2.68. The summed E-state index contributed by atoms with van der Waals surface area (Å²) in [6.07, 6.45) is -1.84. The summed E-state index contributed by atoms with van der Waals surface area (Å²) in [5.74, 6) is -2.67. The van der Waals surface area contributed by atoms with Gasteiger partial charge in [-0.25, -0.2) is 9.18 Å². The molecule has 2 unspecified atom stereocenters. The number of hydrogen-bond acceptors (Lipinski definition) is 3. The number of β-lactam (4-membered cyclic amide) rings is 1. The van der Waals surface area contributed by atoms with Crippen LogP contribution in [-0.2, 0) is 14.4 Å². The molecule has 23 heavy (non-hydrogen) atoms. The summed E-state index contributed by atoms with van der Waals surface area (Å²) in [5.41, 5.74) is 2.78.